The van der Waals surface area contributed by atoms with Crippen LogP contribution in [0.1, 0.15) is 12.8 Å². The highest BCUT2D eigenvalue weighted by Crippen LogP contribution is 2.19. The molecule has 0 spiro atoms. The van der Waals surface area contributed by atoms with Gasteiger partial charge in [0.05, 0.1) is 0 Å². The van der Waals surface area contributed by atoms with E-state index in [9.17, 15) is 0 Å². The van der Waals surface area contributed by atoms with Crippen LogP contribution in [0, 0.1) is 5.92 Å². The molecule has 2 atom stereocenters. The number of hydrogen-bond donors (Lipinski definition) is 2. The molecule has 0 amide bonds. The molecule has 0 radical (unpaired) electrons. The van der Waals surface area contributed by atoms with Crippen molar-refractivity contribution in [2.75, 3.05) is 19.6 Å². The van der Waals surface area contributed by atoms with Crippen LogP contribution in [0.15, 0.2) is 0 Å². The number of fused-ring (bicyclic) bond motifs is 1. The molecule has 0 aromatic rings. The standard InChI is InChI=1S/C7H14N2/c1-4-9-7-2-3-8-5-6(1)7/h6-9H,1-5H2/t6-,7?/m0/s1. The first-order chi connectivity index (χ1) is 4.47. The molecule has 0 aromatic heterocycles. The summed E-state index contributed by atoms with van der Waals surface area (Å²) in [6.07, 6.45) is 2.72. The Morgan fingerprint density at radius 1 is 1.11 bits per heavy atom. The van der Waals surface area contributed by atoms with Crippen LogP contribution in [0.2, 0.25) is 0 Å². The van der Waals surface area contributed by atoms with Crippen molar-refractivity contribution in [1.29, 1.82) is 0 Å². The van der Waals surface area contributed by atoms with Crippen molar-refractivity contribution >= 4 is 0 Å². The third-order valence-corrected chi connectivity index (χ3v) is 2.53. The molecular formula is C7H14N2. The second-order valence-corrected chi connectivity index (χ2v) is 3.10. The maximum absolute atomic E-state index is 3.52. The van der Waals surface area contributed by atoms with E-state index in [-0.39, 0.29) is 0 Å². The molecule has 2 rings (SSSR count). The molecule has 2 saturated heterocycles. The first kappa shape index (κ1) is 5.69. The van der Waals surface area contributed by atoms with E-state index in [0.29, 0.717) is 0 Å². The lowest BCUT2D eigenvalue weighted by molar-refractivity contribution is 0.344. The van der Waals surface area contributed by atoms with Crippen molar-refractivity contribution in [3.63, 3.8) is 0 Å². The highest BCUT2D eigenvalue weighted by Gasteiger charge is 2.28. The molecular weight excluding hydrogens is 112 g/mol. The summed E-state index contributed by atoms with van der Waals surface area (Å²) in [6, 6.07) is 0.853. The summed E-state index contributed by atoms with van der Waals surface area (Å²) in [5.74, 6) is 0.943. The van der Waals surface area contributed by atoms with Crippen LogP contribution >= 0.6 is 0 Å². The van der Waals surface area contributed by atoms with Gasteiger partial charge < -0.3 is 10.6 Å². The Morgan fingerprint density at radius 3 is 3.00 bits per heavy atom. The van der Waals surface area contributed by atoms with Crippen molar-refractivity contribution in [3.05, 3.63) is 0 Å². The fraction of sp³-hybridized carbons (Fsp3) is 1.00. The summed E-state index contributed by atoms with van der Waals surface area (Å²) < 4.78 is 0. The first-order valence-electron chi connectivity index (χ1n) is 3.91. The van der Waals surface area contributed by atoms with E-state index in [1.807, 2.05) is 0 Å². The Balaban J connectivity index is 1.97. The van der Waals surface area contributed by atoms with Crippen LogP contribution in [0.4, 0.5) is 0 Å². The van der Waals surface area contributed by atoms with Gasteiger partial charge >= 0.3 is 0 Å². The van der Waals surface area contributed by atoms with Gasteiger partial charge in [0, 0.05) is 6.04 Å². The van der Waals surface area contributed by atoms with Gasteiger partial charge in [-0.1, -0.05) is 0 Å². The highest BCUT2D eigenvalue weighted by molar-refractivity contribution is 4.88. The van der Waals surface area contributed by atoms with Crippen molar-refractivity contribution in [1.82, 2.24) is 10.6 Å². The van der Waals surface area contributed by atoms with E-state index in [1.165, 1.54) is 32.5 Å². The molecule has 2 N–H and O–H groups in total. The number of nitrogens with one attached hydrogen (secondary N) is 2. The fourth-order valence-corrected chi connectivity index (χ4v) is 1.95. The summed E-state index contributed by atoms with van der Waals surface area (Å²) in [7, 11) is 0. The van der Waals surface area contributed by atoms with Gasteiger partial charge in [-0.25, -0.2) is 0 Å². The molecule has 2 nitrogen and oxygen atoms in total. The van der Waals surface area contributed by atoms with E-state index < -0.39 is 0 Å². The number of hydrogen-bond acceptors (Lipinski definition) is 2. The van der Waals surface area contributed by atoms with Gasteiger partial charge in [0.1, 0.15) is 0 Å². The maximum Gasteiger partial charge on any atom is 0.0120 e. The zero-order chi connectivity index (χ0) is 6.10. The second-order valence-electron chi connectivity index (χ2n) is 3.10. The third-order valence-electron chi connectivity index (χ3n) is 2.53. The SMILES string of the molecule is C1CC2NCC[C@H]2CN1. The molecule has 52 valence electrons. The monoisotopic (exact) mass is 126 g/mol. The Kier molecular flexibility index (Phi) is 1.44. The van der Waals surface area contributed by atoms with E-state index in [0.717, 1.165) is 12.0 Å². The Labute approximate surface area is 56.0 Å². The molecule has 2 fully saturated rings. The quantitative estimate of drug-likeness (QED) is 0.476. The van der Waals surface area contributed by atoms with Crippen LogP contribution in [0.25, 0.3) is 0 Å². The van der Waals surface area contributed by atoms with Gasteiger partial charge in [0.25, 0.3) is 0 Å². The predicted octanol–water partition coefficient (Wildman–Crippen LogP) is -0.0422. The van der Waals surface area contributed by atoms with Crippen LogP contribution in [-0.2, 0) is 0 Å². The molecule has 0 aliphatic carbocycles. The van der Waals surface area contributed by atoms with Crippen molar-refractivity contribution in [2.45, 2.75) is 18.9 Å². The van der Waals surface area contributed by atoms with Gasteiger partial charge in [-0.05, 0) is 38.4 Å². The van der Waals surface area contributed by atoms with E-state index in [4.69, 9.17) is 0 Å². The van der Waals surface area contributed by atoms with Crippen molar-refractivity contribution < 1.29 is 0 Å². The predicted molar refractivity (Wildman–Crippen MR) is 37.4 cm³/mol. The smallest absolute Gasteiger partial charge is 0.0120 e. The maximum atomic E-state index is 3.52. The van der Waals surface area contributed by atoms with E-state index in [2.05, 4.69) is 10.6 Å². The molecule has 1 unspecified atom stereocenters. The van der Waals surface area contributed by atoms with Crippen LogP contribution in [0.3, 0.4) is 0 Å². The lowest BCUT2D eigenvalue weighted by Gasteiger charge is -2.25. The number of rotatable bonds is 0. The molecule has 0 aromatic carbocycles. The minimum absolute atomic E-state index is 0.853. The molecule has 2 aliphatic rings. The Hall–Kier alpha value is -0.0800. The fourth-order valence-electron chi connectivity index (χ4n) is 1.95. The van der Waals surface area contributed by atoms with Gasteiger partial charge in [-0.15, -0.1) is 0 Å². The average Bonchev–Trinajstić information content (AvgIpc) is 2.33. The first-order valence-corrected chi connectivity index (χ1v) is 3.91. The summed E-state index contributed by atoms with van der Waals surface area (Å²) in [5.41, 5.74) is 0. The molecule has 2 heterocycles. The molecule has 2 heteroatoms. The normalized spacial score (nSPS) is 42.7. The third kappa shape index (κ3) is 0.970. The van der Waals surface area contributed by atoms with E-state index >= 15 is 0 Å². The van der Waals surface area contributed by atoms with E-state index in [1.54, 1.807) is 0 Å². The molecule has 0 bridgehead atoms. The number of piperidine rings is 1. The van der Waals surface area contributed by atoms with Gasteiger partial charge in [-0.3, -0.25) is 0 Å². The highest BCUT2D eigenvalue weighted by atomic mass is 15.0. The Bertz CT molecular complexity index is 91.1. The summed E-state index contributed by atoms with van der Waals surface area (Å²) in [6.45, 7) is 3.71. The molecule has 0 saturated carbocycles. The van der Waals surface area contributed by atoms with Crippen molar-refractivity contribution in [2.24, 2.45) is 5.92 Å². The summed E-state index contributed by atoms with van der Waals surface area (Å²) in [5, 5.41) is 6.93. The average molecular weight is 126 g/mol. The minimum atomic E-state index is 0.853. The summed E-state index contributed by atoms with van der Waals surface area (Å²) >= 11 is 0. The lowest BCUT2D eigenvalue weighted by Crippen LogP contribution is -2.41. The summed E-state index contributed by atoms with van der Waals surface area (Å²) in [4.78, 5) is 0. The molecule has 9 heavy (non-hydrogen) atoms. The van der Waals surface area contributed by atoms with Crippen molar-refractivity contribution in [3.8, 4) is 0 Å². The topological polar surface area (TPSA) is 24.1 Å². The zero-order valence-electron chi connectivity index (χ0n) is 5.69. The van der Waals surface area contributed by atoms with Gasteiger partial charge in [0.15, 0.2) is 0 Å². The molecule has 2 aliphatic heterocycles. The Morgan fingerprint density at radius 2 is 2.11 bits per heavy atom. The van der Waals surface area contributed by atoms with Crippen LogP contribution < -0.4 is 10.6 Å². The zero-order valence-corrected chi connectivity index (χ0v) is 5.69. The lowest BCUT2D eigenvalue weighted by atomic mass is 9.95. The van der Waals surface area contributed by atoms with Crippen LogP contribution in [-0.4, -0.2) is 25.7 Å². The van der Waals surface area contributed by atoms with Crippen LogP contribution in [0.5, 0.6) is 0 Å². The van der Waals surface area contributed by atoms with Gasteiger partial charge in [-0.2, -0.15) is 0 Å². The second kappa shape index (κ2) is 2.27. The minimum Gasteiger partial charge on any atom is -0.316 e. The largest absolute Gasteiger partial charge is 0.316 e. The van der Waals surface area contributed by atoms with Gasteiger partial charge in [0.2, 0.25) is 0 Å².